The topological polar surface area (TPSA) is 71.6 Å². The van der Waals surface area contributed by atoms with E-state index in [1.807, 2.05) is 60.8 Å². The van der Waals surface area contributed by atoms with Crippen LogP contribution in [0.25, 0.3) is 11.1 Å². The molecule has 0 radical (unpaired) electrons. The van der Waals surface area contributed by atoms with E-state index in [0.717, 1.165) is 58.0 Å². The molecule has 2 aromatic carbocycles. The first-order valence-electron chi connectivity index (χ1n) is 11.2. The Labute approximate surface area is 198 Å². The van der Waals surface area contributed by atoms with E-state index >= 15 is 0 Å². The summed E-state index contributed by atoms with van der Waals surface area (Å²) in [5.41, 5.74) is 5.28. The van der Waals surface area contributed by atoms with Crippen molar-refractivity contribution >= 4 is 11.3 Å². The maximum atomic E-state index is 13.5. The molecule has 0 spiro atoms. The van der Waals surface area contributed by atoms with Gasteiger partial charge in [-0.2, -0.15) is 5.26 Å². The fourth-order valence-corrected chi connectivity index (χ4v) is 4.58. The molecule has 0 amide bonds. The van der Waals surface area contributed by atoms with E-state index in [1.54, 1.807) is 22.1 Å². The van der Waals surface area contributed by atoms with E-state index in [1.165, 1.54) is 0 Å². The molecule has 2 heterocycles. The molecule has 0 aliphatic carbocycles. The van der Waals surface area contributed by atoms with Crippen LogP contribution in [-0.2, 0) is 19.4 Å². The lowest BCUT2D eigenvalue weighted by atomic mass is 9.97. The predicted octanol–water partition coefficient (Wildman–Crippen LogP) is 5.53. The number of benzene rings is 2. The number of nitriles is 1. The Morgan fingerprint density at radius 1 is 1.12 bits per heavy atom. The fourth-order valence-electron chi connectivity index (χ4n) is 3.98. The van der Waals surface area contributed by atoms with Gasteiger partial charge in [-0.05, 0) is 42.5 Å². The van der Waals surface area contributed by atoms with E-state index < -0.39 is 0 Å². The second-order valence-electron chi connectivity index (χ2n) is 8.04. The largest absolute Gasteiger partial charge is 0.290 e. The molecule has 0 aliphatic rings. The van der Waals surface area contributed by atoms with Crippen molar-refractivity contribution < 1.29 is 0 Å². The zero-order chi connectivity index (χ0) is 23.2. The van der Waals surface area contributed by atoms with Crippen molar-refractivity contribution in [1.29, 1.82) is 5.26 Å². The molecule has 33 heavy (non-hydrogen) atoms. The summed E-state index contributed by atoms with van der Waals surface area (Å²) in [6.07, 6.45) is 5.14. The van der Waals surface area contributed by atoms with Gasteiger partial charge in [-0.15, -0.1) is 11.3 Å². The van der Waals surface area contributed by atoms with E-state index in [4.69, 9.17) is 4.98 Å². The van der Waals surface area contributed by atoms with Gasteiger partial charge in [-0.1, -0.05) is 55.8 Å². The molecule has 4 rings (SSSR count). The Kier molecular flexibility index (Phi) is 7.11. The van der Waals surface area contributed by atoms with Gasteiger partial charge in [-0.25, -0.2) is 9.97 Å². The lowest BCUT2D eigenvalue weighted by molar-refractivity contribution is 0.660. The number of unbranched alkanes of at least 4 members (excludes halogenated alkanes) is 1. The molecule has 0 bridgehead atoms. The average molecular weight is 455 g/mol. The lowest BCUT2D eigenvalue weighted by Gasteiger charge is -2.15. The minimum atomic E-state index is 0.0164. The van der Waals surface area contributed by atoms with Gasteiger partial charge in [0, 0.05) is 23.6 Å². The van der Waals surface area contributed by atoms with Crippen LogP contribution >= 0.6 is 11.3 Å². The van der Waals surface area contributed by atoms with Crippen molar-refractivity contribution in [3.05, 3.63) is 104 Å². The molecule has 0 aliphatic heterocycles. The zero-order valence-electron chi connectivity index (χ0n) is 18.9. The quantitative estimate of drug-likeness (QED) is 0.351. The highest BCUT2D eigenvalue weighted by atomic mass is 32.1. The first-order chi connectivity index (χ1) is 16.1. The average Bonchev–Trinajstić information content (AvgIpc) is 3.36. The predicted molar refractivity (Wildman–Crippen MR) is 132 cm³/mol. The van der Waals surface area contributed by atoms with Crippen LogP contribution < -0.4 is 5.56 Å². The molecule has 0 saturated carbocycles. The highest BCUT2D eigenvalue weighted by Crippen LogP contribution is 2.24. The molecule has 0 fully saturated rings. The molecule has 0 unspecified atom stereocenters. The minimum Gasteiger partial charge on any atom is -0.290 e. The third-order valence-corrected chi connectivity index (χ3v) is 6.54. The molecule has 166 valence electrons. The van der Waals surface area contributed by atoms with Crippen LogP contribution in [-0.4, -0.2) is 14.5 Å². The summed E-state index contributed by atoms with van der Waals surface area (Å²) in [7, 11) is 0. The number of aromatic nitrogens is 3. The summed E-state index contributed by atoms with van der Waals surface area (Å²) in [5, 5.41) is 12.2. The second kappa shape index (κ2) is 10.4. The number of aryl methyl sites for hydroxylation is 2. The van der Waals surface area contributed by atoms with Gasteiger partial charge < -0.3 is 0 Å². The summed E-state index contributed by atoms with van der Waals surface area (Å²) in [6.45, 7) is 4.49. The van der Waals surface area contributed by atoms with Gasteiger partial charge in [0.15, 0.2) is 0 Å². The Balaban J connectivity index is 1.68. The van der Waals surface area contributed by atoms with Crippen molar-refractivity contribution in [2.24, 2.45) is 0 Å². The molecule has 0 saturated heterocycles. The van der Waals surface area contributed by atoms with Crippen LogP contribution in [0.4, 0.5) is 0 Å². The highest BCUT2D eigenvalue weighted by Gasteiger charge is 2.16. The van der Waals surface area contributed by atoms with Crippen molar-refractivity contribution in [1.82, 2.24) is 14.5 Å². The van der Waals surface area contributed by atoms with Crippen LogP contribution in [0.15, 0.2) is 64.9 Å². The standard InChI is InChI=1S/C27H26N4OS/c1-3-4-9-25-24(27(32)31(19(2)30-25)18-26-29-14-15-33-26)16-20-10-12-21(13-11-20)23-8-6-5-7-22(23)17-28/h5-8,10-15H,3-4,9,16,18H2,1-2H3. The number of thiazole rings is 1. The van der Waals surface area contributed by atoms with Gasteiger partial charge >= 0.3 is 0 Å². The first kappa shape index (κ1) is 22.6. The number of hydrogen-bond donors (Lipinski definition) is 0. The van der Waals surface area contributed by atoms with Crippen LogP contribution in [0.1, 0.15) is 53.0 Å². The molecular weight excluding hydrogens is 428 g/mol. The fraction of sp³-hybridized carbons (Fsp3) is 0.259. The van der Waals surface area contributed by atoms with Crippen LogP contribution in [0.3, 0.4) is 0 Å². The molecule has 2 aromatic heterocycles. The Bertz CT molecular complexity index is 1330. The Hall–Kier alpha value is -3.56. The monoisotopic (exact) mass is 454 g/mol. The van der Waals surface area contributed by atoms with Gasteiger partial charge in [0.1, 0.15) is 10.8 Å². The smallest absolute Gasteiger partial charge is 0.257 e. The summed E-state index contributed by atoms with van der Waals surface area (Å²) in [6, 6.07) is 18.0. The third kappa shape index (κ3) is 5.10. The number of rotatable bonds is 8. The van der Waals surface area contributed by atoms with E-state index in [2.05, 4.69) is 18.0 Å². The maximum Gasteiger partial charge on any atom is 0.257 e. The van der Waals surface area contributed by atoms with Crippen molar-refractivity contribution in [3.63, 3.8) is 0 Å². The third-order valence-electron chi connectivity index (χ3n) is 5.78. The Morgan fingerprint density at radius 2 is 1.91 bits per heavy atom. The Morgan fingerprint density at radius 3 is 2.61 bits per heavy atom. The van der Waals surface area contributed by atoms with Crippen molar-refractivity contribution in [2.75, 3.05) is 0 Å². The molecule has 5 nitrogen and oxygen atoms in total. The van der Waals surface area contributed by atoms with Gasteiger partial charge in [-0.3, -0.25) is 9.36 Å². The van der Waals surface area contributed by atoms with Crippen molar-refractivity contribution in [3.8, 4) is 17.2 Å². The highest BCUT2D eigenvalue weighted by molar-refractivity contribution is 7.09. The van der Waals surface area contributed by atoms with Gasteiger partial charge in [0.2, 0.25) is 0 Å². The molecular formula is C27H26N4OS. The SMILES string of the molecule is CCCCc1nc(C)n(Cc2nccs2)c(=O)c1Cc1ccc(-c2ccccc2C#N)cc1. The molecule has 4 aromatic rings. The first-order valence-corrected chi connectivity index (χ1v) is 12.0. The van der Waals surface area contributed by atoms with E-state index in [-0.39, 0.29) is 5.56 Å². The van der Waals surface area contributed by atoms with Crippen LogP contribution in [0.5, 0.6) is 0 Å². The maximum absolute atomic E-state index is 13.5. The van der Waals surface area contributed by atoms with Crippen molar-refractivity contribution in [2.45, 2.75) is 46.1 Å². The molecule has 0 atom stereocenters. The van der Waals surface area contributed by atoms with Gasteiger partial charge in [0.25, 0.3) is 5.56 Å². The van der Waals surface area contributed by atoms with E-state index in [0.29, 0.717) is 18.5 Å². The summed E-state index contributed by atoms with van der Waals surface area (Å²) >= 11 is 1.54. The van der Waals surface area contributed by atoms with E-state index in [9.17, 15) is 10.1 Å². The molecule has 0 N–H and O–H groups in total. The number of nitrogens with zero attached hydrogens (tertiary/aromatic N) is 4. The summed E-state index contributed by atoms with van der Waals surface area (Å²) < 4.78 is 1.74. The number of hydrogen-bond acceptors (Lipinski definition) is 5. The summed E-state index contributed by atoms with van der Waals surface area (Å²) in [4.78, 5) is 22.7. The van der Waals surface area contributed by atoms with Crippen LogP contribution in [0, 0.1) is 18.3 Å². The molecule has 6 heteroatoms. The summed E-state index contributed by atoms with van der Waals surface area (Å²) in [5.74, 6) is 0.730. The zero-order valence-corrected chi connectivity index (χ0v) is 19.7. The van der Waals surface area contributed by atoms with Crippen LogP contribution in [0.2, 0.25) is 0 Å². The normalized spacial score (nSPS) is 10.8. The second-order valence-corrected chi connectivity index (χ2v) is 9.02. The minimum absolute atomic E-state index is 0.0164. The van der Waals surface area contributed by atoms with Gasteiger partial charge in [0.05, 0.1) is 23.9 Å². The lowest BCUT2D eigenvalue weighted by Crippen LogP contribution is -2.30.